The summed E-state index contributed by atoms with van der Waals surface area (Å²) >= 11 is 0. The maximum Gasteiger partial charge on any atom is 0.310 e. The Morgan fingerprint density at radius 1 is 1.25 bits per heavy atom. The molecule has 94 valence electrons. The number of ether oxygens (including phenoxy) is 1. The van der Waals surface area contributed by atoms with Crippen LogP contribution in [-0.4, -0.2) is 11.6 Å². The van der Waals surface area contributed by atoms with Crippen molar-refractivity contribution in [2.45, 2.75) is 54.1 Å². The van der Waals surface area contributed by atoms with Gasteiger partial charge in [-0.3, -0.25) is 4.79 Å². The van der Waals surface area contributed by atoms with Crippen molar-refractivity contribution in [2.75, 3.05) is 0 Å². The third-order valence-electron chi connectivity index (χ3n) is 1.79. The van der Waals surface area contributed by atoms with Crippen molar-refractivity contribution in [1.82, 2.24) is 0 Å². The van der Waals surface area contributed by atoms with Crippen molar-refractivity contribution in [3.63, 3.8) is 0 Å². The molecule has 0 atom stereocenters. The number of allylic oxidation sites excluding steroid dienone is 3. The van der Waals surface area contributed by atoms with Gasteiger partial charge in [-0.15, -0.1) is 0 Å². The molecule has 0 aliphatic rings. The van der Waals surface area contributed by atoms with E-state index in [4.69, 9.17) is 10.5 Å². The molecule has 0 heterocycles. The van der Waals surface area contributed by atoms with Gasteiger partial charge < -0.3 is 10.5 Å². The van der Waals surface area contributed by atoms with Crippen LogP contribution < -0.4 is 5.73 Å². The molecule has 0 aromatic rings. The Morgan fingerprint density at radius 3 is 2.06 bits per heavy atom. The fourth-order valence-corrected chi connectivity index (χ4v) is 1.09. The summed E-state index contributed by atoms with van der Waals surface area (Å²) in [6, 6.07) is 0. The van der Waals surface area contributed by atoms with E-state index < -0.39 is 5.60 Å². The van der Waals surface area contributed by atoms with Crippen molar-refractivity contribution < 1.29 is 9.53 Å². The van der Waals surface area contributed by atoms with Gasteiger partial charge in [0.05, 0.1) is 6.42 Å². The van der Waals surface area contributed by atoms with Gasteiger partial charge in [0.15, 0.2) is 0 Å². The van der Waals surface area contributed by atoms with E-state index in [2.05, 4.69) is 0 Å². The summed E-state index contributed by atoms with van der Waals surface area (Å²) in [5, 5.41) is 0. The third-order valence-corrected chi connectivity index (χ3v) is 1.79. The highest BCUT2D eigenvalue weighted by molar-refractivity contribution is 5.74. The molecule has 2 N–H and O–H groups in total. The predicted molar refractivity (Wildman–Crippen MR) is 68.9 cm³/mol. The van der Waals surface area contributed by atoms with E-state index in [9.17, 15) is 4.79 Å². The highest BCUT2D eigenvalue weighted by Gasteiger charge is 2.17. The van der Waals surface area contributed by atoms with Crippen molar-refractivity contribution in [3.05, 3.63) is 23.4 Å². The highest BCUT2D eigenvalue weighted by atomic mass is 16.6. The van der Waals surface area contributed by atoms with Gasteiger partial charge in [-0.1, -0.05) is 19.6 Å². The second-order valence-corrected chi connectivity index (χ2v) is 4.32. The van der Waals surface area contributed by atoms with E-state index in [0.29, 0.717) is 5.70 Å². The average molecular weight is 227 g/mol. The minimum absolute atomic E-state index is 0. The molecule has 0 radical (unpaired) electrons. The van der Waals surface area contributed by atoms with E-state index in [0.717, 1.165) is 5.57 Å². The fourth-order valence-electron chi connectivity index (χ4n) is 1.09. The first-order valence-electron chi connectivity index (χ1n) is 5.09. The van der Waals surface area contributed by atoms with Crippen LogP contribution in [-0.2, 0) is 9.53 Å². The third kappa shape index (κ3) is 7.10. The summed E-state index contributed by atoms with van der Waals surface area (Å²) in [4.78, 5) is 11.5. The molecule has 0 unspecified atom stereocenters. The number of carbonyl (C=O) groups is 1. The van der Waals surface area contributed by atoms with Crippen LogP contribution in [0.15, 0.2) is 23.4 Å². The first-order valence-corrected chi connectivity index (χ1v) is 5.09. The summed E-state index contributed by atoms with van der Waals surface area (Å²) in [7, 11) is 0. The molecule has 0 aliphatic carbocycles. The highest BCUT2D eigenvalue weighted by Crippen LogP contribution is 2.14. The van der Waals surface area contributed by atoms with E-state index in [1.165, 1.54) is 0 Å². The molecule has 0 amide bonds. The monoisotopic (exact) mass is 227 g/mol. The molecule has 0 bridgehead atoms. The normalized spacial score (nSPS) is 13.1. The Morgan fingerprint density at radius 2 is 1.75 bits per heavy atom. The van der Waals surface area contributed by atoms with Crippen LogP contribution in [0, 0.1) is 0 Å². The topological polar surface area (TPSA) is 52.3 Å². The number of nitrogens with two attached hydrogens (primary N) is 1. The van der Waals surface area contributed by atoms with Crippen molar-refractivity contribution in [2.24, 2.45) is 5.73 Å². The molecule has 0 saturated heterocycles. The largest absolute Gasteiger partial charge is 0.460 e. The molecular formula is C13H25NO2. The average Bonchev–Trinajstić information content (AvgIpc) is 2.10. The van der Waals surface area contributed by atoms with Crippen LogP contribution in [0.25, 0.3) is 0 Å². The molecule has 0 aromatic heterocycles. The molecular weight excluding hydrogens is 202 g/mol. The van der Waals surface area contributed by atoms with E-state index >= 15 is 0 Å². The number of hydrogen-bond acceptors (Lipinski definition) is 3. The van der Waals surface area contributed by atoms with E-state index in [1.54, 1.807) is 6.08 Å². The Bertz CT molecular complexity index is 283. The molecule has 0 aromatic carbocycles. The molecule has 0 aliphatic heterocycles. The maximum absolute atomic E-state index is 11.5. The number of esters is 1. The Labute approximate surface area is 99.4 Å². The standard InChI is InChI=1S/C12H21NO2.CH4/c1-6-9(10(13)7-2)8-11(14)15-12(3,4)5;/h6-7H,8,13H2,1-5H3;1H4/b9-6-,10-7+;. The van der Waals surface area contributed by atoms with E-state index in [1.807, 2.05) is 40.7 Å². The smallest absolute Gasteiger partial charge is 0.310 e. The first kappa shape index (κ1) is 17.2. The predicted octanol–water partition coefficient (Wildman–Crippen LogP) is 3.16. The summed E-state index contributed by atoms with van der Waals surface area (Å²) in [6.07, 6.45) is 3.84. The van der Waals surface area contributed by atoms with Crippen LogP contribution in [0.2, 0.25) is 0 Å². The summed E-state index contributed by atoms with van der Waals surface area (Å²) < 4.78 is 5.20. The first-order chi connectivity index (χ1) is 6.80. The summed E-state index contributed by atoms with van der Waals surface area (Å²) in [6.45, 7) is 9.24. The van der Waals surface area contributed by atoms with Crippen LogP contribution in [0.4, 0.5) is 0 Å². The lowest BCUT2D eigenvalue weighted by molar-refractivity contribution is -0.153. The van der Waals surface area contributed by atoms with Crippen LogP contribution in [0.1, 0.15) is 48.5 Å². The van der Waals surface area contributed by atoms with Gasteiger partial charge >= 0.3 is 5.97 Å². The quantitative estimate of drug-likeness (QED) is 0.595. The van der Waals surface area contributed by atoms with Crippen LogP contribution in [0.5, 0.6) is 0 Å². The minimum Gasteiger partial charge on any atom is -0.460 e. The van der Waals surface area contributed by atoms with E-state index in [-0.39, 0.29) is 19.8 Å². The lowest BCUT2D eigenvalue weighted by Crippen LogP contribution is -2.24. The molecule has 3 heteroatoms. The second kappa shape index (κ2) is 7.09. The van der Waals surface area contributed by atoms with Gasteiger partial charge in [-0.25, -0.2) is 0 Å². The van der Waals surface area contributed by atoms with Crippen LogP contribution >= 0.6 is 0 Å². The summed E-state index contributed by atoms with van der Waals surface area (Å²) in [5.74, 6) is -0.250. The van der Waals surface area contributed by atoms with Gasteiger partial charge in [0.25, 0.3) is 0 Å². The maximum atomic E-state index is 11.5. The molecule has 0 saturated carbocycles. The lowest BCUT2D eigenvalue weighted by Gasteiger charge is -2.20. The lowest BCUT2D eigenvalue weighted by atomic mass is 10.1. The van der Waals surface area contributed by atoms with Gasteiger partial charge in [0.2, 0.25) is 0 Å². The van der Waals surface area contributed by atoms with Crippen molar-refractivity contribution in [1.29, 1.82) is 0 Å². The van der Waals surface area contributed by atoms with Crippen molar-refractivity contribution in [3.8, 4) is 0 Å². The number of carbonyl (C=O) groups excluding carboxylic acids is 1. The molecule has 3 nitrogen and oxygen atoms in total. The minimum atomic E-state index is -0.444. The molecule has 0 spiro atoms. The Kier molecular flexibility index (Phi) is 7.61. The SMILES string of the molecule is C.C/C=C(CC(=O)OC(C)(C)C)\C(N)=C/C. The fraction of sp³-hybridized carbons (Fsp3) is 0.615. The Balaban J connectivity index is 0. The summed E-state index contributed by atoms with van der Waals surface area (Å²) in [5.41, 5.74) is 6.72. The van der Waals surface area contributed by atoms with Gasteiger partial charge in [0, 0.05) is 5.70 Å². The van der Waals surface area contributed by atoms with Gasteiger partial charge in [-0.2, -0.15) is 0 Å². The zero-order valence-corrected chi connectivity index (χ0v) is 10.3. The molecule has 16 heavy (non-hydrogen) atoms. The Hall–Kier alpha value is -1.25. The van der Waals surface area contributed by atoms with Gasteiger partial charge in [0.1, 0.15) is 5.60 Å². The second-order valence-electron chi connectivity index (χ2n) is 4.32. The molecule has 0 rings (SSSR count). The zero-order chi connectivity index (χ0) is 12.1. The number of rotatable bonds is 3. The number of hydrogen-bond donors (Lipinski definition) is 1. The van der Waals surface area contributed by atoms with Gasteiger partial charge in [-0.05, 0) is 40.2 Å². The van der Waals surface area contributed by atoms with Crippen LogP contribution in [0.3, 0.4) is 0 Å². The zero-order valence-electron chi connectivity index (χ0n) is 10.3. The molecule has 0 fully saturated rings. The van der Waals surface area contributed by atoms with Crippen molar-refractivity contribution >= 4 is 5.97 Å².